The maximum atomic E-state index is 10.1. The van der Waals surface area contributed by atoms with Crippen LogP contribution in [0.15, 0.2) is 0 Å². The fraction of sp³-hybridized carbons (Fsp3) is 1.00. The normalized spacial score (nSPS) is 41.7. The largest absolute Gasteiger partial charge is 0.387 e. The highest BCUT2D eigenvalue weighted by molar-refractivity contribution is 5.00. The first kappa shape index (κ1) is 15.8. The minimum atomic E-state index is -1.40. The van der Waals surface area contributed by atoms with Gasteiger partial charge in [-0.2, -0.15) is 0 Å². The van der Waals surface area contributed by atoms with Crippen LogP contribution in [0.3, 0.4) is 0 Å². The lowest BCUT2D eigenvalue weighted by atomic mass is 9.84. The molecule has 0 spiro atoms. The third-order valence-corrected chi connectivity index (χ3v) is 2.90. The van der Waals surface area contributed by atoms with Gasteiger partial charge in [0.05, 0.1) is 12.2 Å². The number of hydrogen-bond acceptors (Lipinski definition) is 6. The molecule has 6 atom stereocenters. The lowest BCUT2D eigenvalue weighted by Crippen LogP contribution is -2.65. The van der Waals surface area contributed by atoms with Crippen molar-refractivity contribution in [2.75, 3.05) is 0 Å². The molecule has 6 heteroatoms. The zero-order chi connectivity index (χ0) is 14.0. The van der Waals surface area contributed by atoms with Crippen LogP contribution in [0.4, 0.5) is 0 Å². The molecule has 0 amide bonds. The lowest BCUT2D eigenvalue weighted by Gasteiger charge is -2.44. The minimum Gasteiger partial charge on any atom is -0.387 e. The van der Waals surface area contributed by atoms with Crippen molar-refractivity contribution >= 4 is 0 Å². The molecule has 4 N–H and O–H groups in total. The van der Waals surface area contributed by atoms with Crippen LogP contribution in [-0.2, 0) is 9.47 Å². The van der Waals surface area contributed by atoms with Crippen LogP contribution in [0.5, 0.6) is 0 Å². The average molecular weight is 264 g/mol. The molecule has 0 radical (unpaired) electrons. The molecular formula is C12H24O6. The molecule has 0 aromatic rings. The van der Waals surface area contributed by atoms with Crippen LogP contribution in [0.25, 0.3) is 0 Å². The summed E-state index contributed by atoms with van der Waals surface area (Å²) in [6.45, 7) is 7.04. The maximum absolute atomic E-state index is 10.1. The van der Waals surface area contributed by atoms with Crippen molar-refractivity contribution < 1.29 is 29.9 Å². The summed E-state index contributed by atoms with van der Waals surface area (Å²) in [5.74, 6) is 0. The Morgan fingerprint density at radius 3 is 1.22 bits per heavy atom. The summed E-state index contributed by atoms with van der Waals surface area (Å²) in [5, 5.41) is 39.5. The number of hydrogen-bond donors (Lipinski definition) is 4. The van der Waals surface area contributed by atoms with Crippen molar-refractivity contribution in [1.29, 1.82) is 0 Å². The SMILES string of the molecule is CC(C)O[C@@H]1C(O)C(O)[C@H](O)[C@H](OC(C)C)C1O. The van der Waals surface area contributed by atoms with E-state index in [-0.39, 0.29) is 12.2 Å². The Labute approximate surface area is 107 Å². The van der Waals surface area contributed by atoms with E-state index >= 15 is 0 Å². The highest BCUT2D eigenvalue weighted by Gasteiger charge is 2.50. The Balaban J connectivity index is 2.85. The summed E-state index contributed by atoms with van der Waals surface area (Å²) in [5.41, 5.74) is 0. The van der Waals surface area contributed by atoms with Crippen LogP contribution in [0, 0.1) is 0 Å². The quantitative estimate of drug-likeness (QED) is 0.521. The molecule has 0 saturated heterocycles. The van der Waals surface area contributed by atoms with Gasteiger partial charge < -0.3 is 29.9 Å². The summed E-state index contributed by atoms with van der Waals surface area (Å²) >= 11 is 0. The lowest BCUT2D eigenvalue weighted by molar-refractivity contribution is -0.257. The van der Waals surface area contributed by atoms with E-state index in [0.717, 1.165) is 0 Å². The van der Waals surface area contributed by atoms with Gasteiger partial charge in [-0.25, -0.2) is 0 Å². The molecule has 0 aromatic heterocycles. The van der Waals surface area contributed by atoms with Crippen LogP contribution in [-0.4, -0.2) is 69.3 Å². The van der Waals surface area contributed by atoms with E-state index in [1.54, 1.807) is 27.7 Å². The third-order valence-electron chi connectivity index (χ3n) is 2.90. The standard InChI is InChI=1S/C12H24O6/c1-5(2)17-11-8(14)7(13)9(15)12(10(11)16)18-6(3)4/h5-16H,1-4H3/t7?,8-,9?,10?,11-,12+/m0/s1. The molecule has 3 unspecified atom stereocenters. The van der Waals surface area contributed by atoms with Crippen LogP contribution in [0.1, 0.15) is 27.7 Å². The second kappa shape index (κ2) is 6.27. The Bertz CT molecular complexity index is 233. The Kier molecular flexibility index (Phi) is 5.51. The molecule has 108 valence electrons. The predicted octanol–water partition coefficient (Wildman–Crippen LogP) is -0.969. The van der Waals surface area contributed by atoms with Crippen LogP contribution >= 0.6 is 0 Å². The zero-order valence-electron chi connectivity index (χ0n) is 11.2. The van der Waals surface area contributed by atoms with Gasteiger partial charge in [-0.1, -0.05) is 0 Å². The van der Waals surface area contributed by atoms with Gasteiger partial charge in [0.15, 0.2) is 0 Å². The summed E-state index contributed by atoms with van der Waals surface area (Å²) in [6.07, 6.45) is -7.68. The molecule has 1 saturated carbocycles. The van der Waals surface area contributed by atoms with E-state index in [9.17, 15) is 20.4 Å². The van der Waals surface area contributed by atoms with Crippen LogP contribution < -0.4 is 0 Å². The van der Waals surface area contributed by atoms with Gasteiger partial charge >= 0.3 is 0 Å². The third kappa shape index (κ3) is 3.40. The Morgan fingerprint density at radius 1 is 0.611 bits per heavy atom. The minimum absolute atomic E-state index is 0.221. The second-order valence-electron chi connectivity index (χ2n) is 5.26. The molecule has 1 fully saturated rings. The van der Waals surface area contributed by atoms with E-state index in [1.165, 1.54) is 0 Å². The molecule has 1 aliphatic rings. The number of aliphatic hydroxyl groups is 4. The topological polar surface area (TPSA) is 99.4 Å². The molecule has 1 rings (SSSR count). The smallest absolute Gasteiger partial charge is 0.115 e. The number of rotatable bonds is 4. The molecule has 0 aliphatic heterocycles. The monoisotopic (exact) mass is 264 g/mol. The summed E-state index contributed by atoms with van der Waals surface area (Å²) < 4.78 is 10.8. The molecule has 0 heterocycles. The van der Waals surface area contributed by atoms with Crippen molar-refractivity contribution in [3.05, 3.63) is 0 Å². The van der Waals surface area contributed by atoms with Crippen molar-refractivity contribution in [1.82, 2.24) is 0 Å². The highest BCUT2D eigenvalue weighted by atomic mass is 16.6. The summed E-state index contributed by atoms with van der Waals surface area (Å²) in [4.78, 5) is 0. The molecule has 6 nitrogen and oxygen atoms in total. The number of ether oxygens (including phenoxy) is 2. The van der Waals surface area contributed by atoms with Gasteiger partial charge in [0, 0.05) is 0 Å². The van der Waals surface area contributed by atoms with Crippen molar-refractivity contribution in [3.8, 4) is 0 Å². The fourth-order valence-corrected chi connectivity index (χ4v) is 2.13. The first-order chi connectivity index (χ1) is 8.25. The van der Waals surface area contributed by atoms with Gasteiger partial charge in [0.1, 0.15) is 36.6 Å². The zero-order valence-corrected chi connectivity index (χ0v) is 11.2. The Morgan fingerprint density at radius 2 is 0.944 bits per heavy atom. The van der Waals surface area contributed by atoms with E-state index in [0.29, 0.717) is 0 Å². The molecular weight excluding hydrogens is 240 g/mol. The average Bonchev–Trinajstić information content (AvgIpc) is 2.27. The van der Waals surface area contributed by atoms with Gasteiger partial charge in [0.25, 0.3) is 0 Å². The summed E-state index contributed by atoms with van der Waals surface area (Å²) in [6, 6.07) is 0. The first-order valence-electron chi connectivity index (χ1n) is 6.29. The first-order valence-corrected chi connectivity index (χ1v) is 6.29. The number of aliphatic hydroxyl groups excluding tert-OH is 4. The van der Waals surface area contributed by atoms with E-state index in [1.807, 2.05) is 0 Å². The van der Waals surface area contributed by atoms with E-state index in [4.69, 9.17) is 9.47 Å². The van der Waals surface area contributed by atoms with Gasteiger partial charge in [-0.3, -0.25) is 0 Å². The van der Waals surface area contributed by atoms with Crippen molar-refractivity contribution in [3.63, 3.8) is 0 Å². The van der Waals surface area contributed by atoms with Gasteiger partial charge in [0.2, 0.25) is 0 Å². The van der Waals surface area contributed by atoms with E-state index < -0.39 is 36.6 Å². The predicted molar refractivity (Wildman–Crippen MR) is 64.0 cm³/mol. The van der Waals surface area contributed by atoms with Gasteiger partial charge in [-0.15, -0.1) is 0 Å². The van der Waals surface area contributed by atoms with Crippen molar-refractivity contribution in [2.24, 2.45) is 0 Å². The molecule has 1 aliphatic carbocycles. The molecule has 0 aromatic carbocycles. The van der Waals surface area contributed by atoms with E-state index in [2.05, 4.69) is 0 Å². The summed E-state index contributed by atoms with van der Waals surface area (Å²) in [7, 11) is 0. The second-order valence-corrected chi connectivity index (χ2v) is 5.26. The fourth-order valence-electron chi connectivity index (χ4n) is 2.13. The van der Waals surface area contributed by atoms with Crippen LogP contribution in [0.2, 0.25) is 0 Å². The molecule has 18 heavy (non-hydrogen) atoms. The van der Waals surface area contributed by atoms with Crippen molar-refractivity contribution in [2.45, 2.75) is 76.5 Å². The highest BCUT2D eigenvalue weighted by Crippen LogP contribution is 2.27. The molecule has 0 bridgehead atoms. The van der Waals surface area contributed by atoms with Gasteiger partial charge in [-0.05, 0) is 27.7 Å². The maximum Gasteiger partial charge on any atom is 0.115 e. The Hall–Kier alpha value is -0.240.